The van der Waals surface area contributed by atoms with Crippen LogP contribution in [0.3, 0.4) is 0 Å². The van der Waals surface area contributed by atoms with Gasteiger partial charge in [0.1, 0.15) is 11.2 Å². The number of nitrogens with zero attached hydrogens (tertiary/aromatic N) is 2. The number of hydrogen-bond donors (Lipinski definition) is 1. The molecule has 0 unspecified atom stereocenters. The van der Waals surface area contributed by atoms with Gasteiger partial charge in [-0.3, -0.25) is 14.4 Å². The molecule has 3 aromatic rings. The van der Waals surface area contributed by atoms with Gasteiger partial charge in [0.25, 0.3) is 5.91 Å². The number of ketones is 1. The second-order valence-electron chi connectivity index (χ2n) is 9.14. The van der Waals surface area contributed by atoms with Crippen molar-refractivity contribution in [2.75, 3.05) is 23.9 Å². The summed E-state index contributed by atoms with van der Waals surface area (Å²) in [4.78, 5) is 45.4. The zero-order valence-electron chi connectivity index (χ0n) is 18.9. The van der Waals surface area contributed by atoms with E-state index in [0.29, 0.717) is 22.5 Å². The van der Waals surface area contributed by atoms with Crippen molar-refractivity contribution in [2.24, 2.45) is 5.92 Å². The number of nitrogens with one attached hydrogen (secondary N) is 1. The lowest BCUT2D eigenvalue weighted by molar-refractivity contribution is -0.126. The number of carbonyl (C=O) groups excluding carboxylic acids is 3. The third-order valence-electron chi connectivity index (χ3n) is 7.57. The van der Waals surface area contributed by atoms with Crippen LogP contribution in [-0.4, -0.2) is 36.7 Å². The predicted molar refractivity (Wildman–Crippen MR) is 133 cm³/mol. The predicted octanol–water partition coefficient (Wildman–Crippen LogP) is 3.34. The van der Waals surface area contributed by atoms with E-state index >= 15 is 0 Å². The van der Waals surface area contributed by atoms with Crippen molar-refractivity contribution in [2.45, 2.75) is 11.0 Å². The highest BCUT2D eigenvalue weighted by Crippen LogP contribution is 2.60. The highest BCUT2D eigenvalue weighted by atomic mass is 32.1. The molecule has 0 radical (unpaired) electrons. The lowest BCUT2D eigenvalue weighted by Crippen LogP contribution is -2.56. The Morgan fingerprint density at radius 3 is 2.26 bits per heavy atom. The number of rotatable bonds is 2. The standard InChI is InChI=1S/C27H20FN3O3S/c1-30-20-13-12-16(28)14-18(20)26(24(30)33)22(21(32)15-8-4-3-5-9-15)27(29-23(26)35)17-10-6-7-11-19(17)31(2)25(27)34/h3-14,22H,1-2H3,(H,29,35)/t22-,26-,27-/m0/s1. The SMILES string of the molecule is CN1C(=O)[C@@]2(C(=S)N[C@]3(C(=O)N(C)c4ccccc43)[C@H]2C(=O)c2ccccc2)c2cc(F)ccc21. The van der Waals surface area contributed by atoms with Crippen LogP contribution < -0.4 is 15.1 Å². The normalized spacial score (nSPS) is 26.5. The van der Waals surface area contributed by atoms with Gasteiger partial charge >= 0.3 is 0 Å². The summed E-state index contributed by atoms with van der Waals surface area (Å²) in [6.07, 6.45) is 0. The number of para-hydroxylation sites is 1. The number of amides is 2. The molecular formula is C27H20FN3O3S. The number of carbonyl (C=O) groups is 3. The molecule has 8 heteroatoms. The van der Waals surface area contributed by atoms with Crippen molar-refractivity contribution < 1.29 is 18.8 Å². The number of thiocarbonyl (C=S) groups is 1. The van der Waals surface area contributed by atoms with Gasteiger partial charge in [-0.2, -0.15) is 0 Å². The minimum Gasteiger partial charge on any atom is -0.360 e. The van der Waals surface area contributed by atoms with Crippen LogP contribution in [0.1, 0.15) is 21.5 Å². The Labute approximate surface area is 206 Å². The number of hydrogen-bond acceptors (Lipinski definition) is 4. The van der Waals surface area contributed by atoms with E-state index in [9.17, 15) is 18.8 Å². The summed E-state index contributed by atoms with van der Waals surface area (Å²) in [5.74, 6) is -3.12. The minimum absolute atomic E-state index is 0.0337. The second-order valence-corrected chi connectivity index (χ2v) is 9.55. The van der Waals surface area contributed by atoms with Crippen molar-refractivity contribution in [3.8, 4) is 0 Å². The number of anilines is 2. The maximum atomic E-state index is 14.6. The maximum Gasteiger partial charge on any atom is 0.258 e. The van der Waals surface area contributed by atoms with E-state index in [-0.39, 0.29) is 10.6 Å². The van der Waals surface area contributed by atoms with E-state index in [1.54, 1.807) is 68.7 Å². The van der Waals surface area contributed by atoms with E-state index in [1.807, 2.05) is 0 Å². The molecule has 2 amide bonds. The first-order chi connectivity index (χ1) is 16.8. The molecule has 0 saturated carbocycles. The number of likely N-dealkylation sites (N-methyl/N-ethyl adjacent to an activating group) is 2. The largest absolute Gasteiger partial charge is 0.360 e. The fourth-order valence-electron chi connectivity index (χ4n) is 6.06. The smallest absolute Gasteiger partial charge is 0.258 e. The van der Waals surface area contributed by atoms with Gasteiger partial charge in [0, 0.05) is 42.2 Å². The zero-order chi connectivity index (χ0) is 24.7. The van der Waals surface area contributed by atoms with Crippen LogP contribution in [0.25, 0.3) is 0 Å². The van der Waals surface area contributed by atoms with Crippen LogP contribution in [0.5, 0.6) is 0 Å². The molecule has 0 bridgehead atoms. The van der Waals surface area contributed by atoms with Crippen molar-refractivity contribution in [1.29, 1.82) is 0 Å². The van der Waals surface area contributed by atoms with Crippen LogP contribution in [0, 0.1) is 11.7 Å². The highest BCUT2D eigenvalue weighted by molar-refractivity contribution is 7.80. The summed E-state index contributed by atoms with van der Waals surface area (Å²) in [6.45, 7) is 0. The van der Waals surface area contributed by atoms with Crippen LogP contribution in [0.4, 0.5) is 15.8 Å². The third kappa shape index (κ3) is 2.42. The summed E-state index contributed by atoms with van der Waals surface area (Å²) in [6, 6.07) is 19.7. The molecule has 3 aliphatic heterocycles. The number of benzene rings is 3. The summed E-state index contributed by atoms with van der Waals surface area (Å²) < 4.78 is 14.6. The number of fused-ring (bicyclic) bond motifs is 4. The van der Waals surface area contributed by atoms with Gasteiger partial charge in [0.05, 0.1) is 10.9 Å². The summed E-state index contributed by atoms with van der Waals surface area (Å²) in [5, 5.41) is 3.16. The van der Waals surface area contributed by atoms with Gasteiger partial charge in [-0.15, -0.1) is 0 Å². The lowest BCUT2D eigenvalue weighted by Gasteiger charge is -2.34. The molecule has 35 heavy (non-hydrogen) atoms. The molecule has 174 valence electrons. The molecule has 3 aromatic carbocycles. The van der Waals surface area contributed by atoms with Crippen LogP contribution in [-0.2, 0) is 20.5 Å². The molecule has 0 aliphatic carbocycles. The van der Waals surface area contributed by atoms with Crippen LogP contribution in [0.15, 0.2) is 72.8 Å². The number of halogens is 1. The summed E-state index contributed by atoms with van der Waals surface area (Å²) >= 11 is 5.81. The van der Waals surface area contributed by atoms with E-state index in [4.69, 9.17) is 12.2 Å². The van der Waals surface area contributed by atoms with Crippen LogP contribution >= 0.6 is 12.2 Å². The Bertz CT molecular complexity index is 1480. The Hall–Kier alpha value is -3.91. The highest BCUT2D eigenvalue weighted by Gasteiger charge is 2.75. The first-order valence-corrected chi connectivity index (χ1v) is 11.5. The topological polar surface area (TPSA) is 69.7 Å². The average Bonchev–Trinajstić information content (AvgIpc) is 3.36. The van der Waals surface area contributed by atoms with Crippen molar-refractivity contribution in [1.82, 2.24) is 5.32 Å². The molecule has 3 aliphatic rings. The van der Waals surface area contributed by atoms with Gasteiger partial charge < -0.3 is 15.1 Å². The van der Waals surface area contributed by atoms with Crippen molar-refractivity contribution in [3.63, 3.8) is 0 Å². The quantitative estimate of drug-likeness (QED) is 0.446. The number of Topliss-reactive ketones (excluding diaryl/α,β-unsaturated/α-hetero) is 1. The van der Waals surface area contributed by atoms with Gasteiger partial charge in [-0.05, 0) is 24.3 Å². The van der Waals surface area contributed by atoms with Crippen molar-refractivity contribution >= 4 is 46.2 Å². The zero-order valence-corrected chi connectivity index (χ0v) is 19.7. The molecule has 2 spiro atoms. The van der Waals surface area contributed by atoms with Gasteiger partial charge in [0.15, 0.2) is 11.3 Å². The Morgan fingerprint density at radius 1 is 0.886 bits per heavy atom. The molecule has 3 atom stereocenters. The lowest BCUT2D eigenvalue weighted by atomic mass is 9.62. The average molecular weight is 486 g/mol. The Balaban J connectivity index is 1.72. The van der Waals surface area contributed by atoms with E-state index in [2.05, 4.69) is 5.32 Å². The molecular weight excluding hydrogens is 465 g/mol. The van der Waals surface area contributed by atoms with Crippen molar-refractivity contribution in [3.05, 3.63) is 95.3 Å². The van der Waals surface area contributed by atoms with E-state index < -0.39 is 40.3 Å². The maximum absolute atomic E-state index is 14.6. The van der Waals surface area contributed by atoms with Crippen LogP contribution in [0.2, 0.25) is 0 Å². The summed E-state index contributed by atoms with van der Waals surface area (Å²) in [5.41, 5.74) is -1.12. The van der Waals surface area contributed by atoms with Gasteiger partial charge in [-0.25, -0.2) is 4.39 Å². The molecule has 1 fully saturated rings. The first-order valence-electron chi connectivity index (χ1n) is 11.1. The molecule has 3 heterocycles. The Kier molecular flexibility index (Phi) is 4.35. The minimum atomic E-state index is -1.75. The molecule has 6 nitrogen and oxygen atoms in total. The van der Waals surface area contributed by atoms with E-state index in [0.717, 1.165) is 0 Å². The Morgan fingerprint density at radius 2 is 1.51 bits per heavy atom. The van der Waals surface area contributed by atoms with Gasteiger partial charge in [-0.1, -0.05) is 60.7 Å². The van der Waals surface area contributed by atoms with E-state index in [1.165, 1.54) is 28.0 Å². The molecule has 1 N–H and O–H groups in total. The molecule has 6 rings (SSSR count). The third-order valence-corrected chi connectivity index (χ3v) is 8.00. The summed E-state index contributed by atoms with van der Waals surface area (Å²) in [7, 11) is 3.20. The monoisotopic (exact) mass is 485 g/mol. The fourth-order valence-corrected chi connectivity index (χ4v) is 6.54. The molecule has 1 saturated heterocycles. The fraction of sp³-hybridized carbons (Fsp3) is 0.185. The van der Waals surface area contributed by atoms with Gasteiger partial charge in [0.2, 0.25) is 5.91 Å². The first kappa shape index (κ1) is 21.6. The second kappa shape index (κ2) is 7.05. The molecule has 0 aromatic heterocycles.